The summed E-state index contributed by atoms with van der Waals surface area (Å²) >= 11 is 5.48. The largest absolute Gasteiger partial charge is 0.310 e. The zero-order valence-corrected chi connectivity index (χ0v) is 16.1. The lowest BCUT2D eigenvalue weighted by molar-refractivity contribution is 0.0875. The van der Waals surface area contributed by atoms with Crippen molar-refractivity contribution in [3.8, 4) is 0 Å². The van der Waals surface area contributed by atoms with Gasteiger partial charge in [-0.25, -0.2) is 0 Å². The minimum absolute atomic E-state index is 0.642. The highest BCUT2D eigenvalue weighted by atomic mass is 79.9. The molecule has 1 aliphatic rings. The predicted molar refractivity (Wildman–Crippen MR) is 96.2 cm³/mol. The maximum absolute atomic E-state index is 3.67. The van der Waals surface area contributed by atoms with Crippen molar-refractivity contribution in [3.05, 3.63) is 20.3 Å². The molecule has 3 nitrogen and oxygen atoms in total. The van der Waals surface area contributed by atoms with Gasteiger partial charge in [-0.15, -0.1) is 11.3 Å². The summed E-state index contributed by atoms with van der Waals surface area (Å²) in [4.78, 5) is 7.87. The molecule has 1 aromatic heterocycles. The minimum atomic E-state index is 0.642. The van der Waals surface area contributed by atoms with Gasteiger partial charge in [0.2, 0.25) is 0 Å². The number of halogens is 1. The van der Waals surface area contributed by atoms with Gasteiger partial charge in [-0.2, -0.15) is 0 Å². The number of likely N-dealkylation sites (N-methyl/N-ethyl adjacent to an activating group) is 1. The zero-order chi connectivity index (χ0) is 15.4. The van der Waals surface area contributed by atoms with Crippen LogP contribution in [0.25, 0.3) is 0 Å². The molecule has 0 radical (unpaired) electrons. The van der Waals surface area contributed by atoms with Gasteiger partial charge >= 0.3 is 0 Å². The number of nitrogens with one attached hydrogen (secondary N) is 1. The lowest BCUT2D eigenvalue weighted by Crippen LogP contribution is -2.53. The van der Waals surface area contributed by atoms with Crippen molar-refractivity contribution < 1.29 is 0 Å². The van der Waals surface area contributed by atoms with Gasteiger partial charge in [0, 0.05) is 59.5 Å². The molecule has 21 heavy (non-hydrogen) atoms. The first-order chi connectivity index (χ1) is 9.97. The number of piperazine rings is 1. The minimum Gasteiger partial charge on any atom is -0.310 e. The molecule has 0 aliphatic carbocycles. The van der Waals surface area contributed by atoms with E-state index in [4.69, 9.17) is 0 Å². The summed E-state index contributed by atoms with van der Waals surface area (Å²) in [6, 6.07) is 2.89. The second kappa shape index (κ2) is 8.06. The van der Waals surface area contributed by atoms with E-state index < -0.39 is 0 Å². The van der Waals surface area contributed by atoms with Crippen LogP contribution in [0.3, 0.4) is 0 Å². The molecule has 1 aromatic rings. The number of rotatable bonds is 6. The molecule has 1 fully saturated rings. The van der Waals surface area contributed by atoms with E-state index >= 15 is 0 Å². The van der Waals surface area contributed by atoms with Crippen LogP contribution < -0.4 is 5.32 Å². The van der Waals surface area contributed by atoms with Gasteiger partial charge in [-0.3, -0.25) is 4.90 Å². The maximum Gasteiger partial charge on any atom is 0.0314 e. The van der Waals surface area contributed by atoms with Crippen molar-refractivity contribution in [2.24, 2.45) is 5.92 Å². The summed E-state index contributed by atoms with van der Waals surface area (Å²) in [6.45, 7) is 13.7. The van der Waals surface area contributed by atoms with Gasteiger partial charge in [0.25, 0.3) is 0 Å². The van der Waals surface area contributed by atoms with Crippen molar-refractivity contribution in [1.29, 1.82) is 0 Å². The fraction of sp³-hybridized carbons (Fsp3) is 0.750. The van der Waals surface area contributed by atoms with Crippen LogP contribution in [0.15, 0.2) is 10.5 Å². The molecule has 1 atom stereocenters. The summed E-state index contributed by atoms with van der Waals surface area (Å²) in [6.07, 6.45) is 0. The standard InChI is InChI=1S/C16H28BrN3S/c1-12(2)16(20-7-5-19(4)6-8-20)11-18-10-14-9-15(17)13(3)21-14/h9,12,16,18H,5-8,10-11H2,1-4H3. The molecule has 120 valence electrons. The Morgan fingerprint density at radius 2 is 1.95 bits per heavy atom. The molecule has 1 N–H and O–H groups in total. The molecule has 2 rings (SSSR count). The van der Waals surface area contributed by atoms with Crippen molar-refractivity contribution in [2.75, 3.05) is 39.8 Å². The second-order valence-corrected chi connectivity index (χ2v) is 8.59. The van der Waals surface area contributed by atoms with E-state index in [2.05, 4.69) is 64.9 Å². The molecular weight excluding hydrogens is 346 g/mol. The molecule has 1 saturated heterocycles. The normalized spacial score (nSPS) is 19.3. The van der Waals surface area contributed by atoms with Crippen molar-refractivity contribution in [2.45, 2.75) is 33.4 Å². The lowest BCUT2D eigenvalue weighted by Gasteiger charge is -2.40. The van der Waals surface area contributed by atoms with Gasteiger partial charge in [-0.05, 0) is 41.9 Å². The first kappa shape index (κ1) is 17.4. The average Bonchev–Trinajstić information content (AvgIpc) is 2.75. The first-order valence-electron chi connectivity index (χ1n) is 7.85. The highest BCUT2D eigenvalue weighted by Gasteiger charge is 2.24. The second-order valence-electron chi connectivity index (χ2n) is 6.40. The van der Waals surface area contributed by atoms with Crippen LogP contribution >= 0.6 is 27.3 Å². The Kier molecular flexibility index (Phi) is 6.69. The first-order valence-corrected chi connectivity index (χ1v) is 9.46. The highest BCUT2D eigenvalue weighted by Crippen LogP contribution is 2.26. The van der Waals surface area contributed by atoms with Gasteiger partial charge in [0.15, 0.2) is 0 Å². The molecule has 2 heterocycles. The van der Waals surface area contributed by atoms with Crippen LogP contribution in [0.5, 0.6) is 0 Å². The number of hydrogen-bond donors (Lipinski definition) is 1. The quantitative estimate of drug-likeness (QED) is 0.825. The summed E-state index contributed by atoms with van der Waals surface area (Å²) in [5, 5.41) is 3.67. The van der Waals surface area contributed by atoms with Crippen LogP contribution in [0.1, 0.15) is 23.6 Å². The van der Waals surface area contributed by atoms with Crippen molar-refractivity contribution in [3.63, 3.8) is 0 Å². The SMILES string of the molecule is Cc1sc(CNCC(C(C)C)N2CCN(C)CC2)cc1Br. The average molecular weight is 374 g/mol. The van der Waals surface area contributed by atoms with E-state index in [1.54, 1.807) is 0 Å². The molecule has 0 spiro atoms. The van der Waals surface area contributed by atoms with Crippen LogP contribution in [-0.4, -0.2) is 55.6 Å². The Labute approximate surface area is 141 Å². The molecule has 5 heteroatoms. The fourth-order valence-electron chi connectivity index (χ4n) is 2.89. The molecule has 1 aliphatic heterocycles. The van der Waals surface area contributed by atoms with Gasteiger partial charge in [0.1, 0.15) is 0 Å². The molecule has 1 unspecified atom stereocenters. The third-order valence-corrected chi connectivity index (χ3v) is 6.47. The van der Waals surface area contributed by atoms with E-state index in [9.17, 15) is 0 Å². The predicted octanol–water partition coefficient (Wildman–Crippen LogP) is 3.18. The van der Waals surface area contributed by atoms with E-state index in [0.717, 1.165) is 13.1 Å². The molecule has 0 amide bonds. The summed E-state index contributed by atoms with van der Waals surface area (Å²) in [7, 11) is 2.22. The molecule has 0 bridgehead atoms. The van der Waals surface area contributed by atoms with Crippen LogP contribution in [0, 0.1) is 12.8 Å². The molecular formula is C16H28BrN3S. The van der Waals surface area contributed by atoms with Crippen LogP contribution in [-0.2, 0) is 6.54 Å². The van der Waals surface area contributed by atoms with Crippen LogP contribution in [0.2, 0.25) is 0 Å². The number of nitrogens with zero attached hydrogens (tertiary/aromatic N) is 2. The van der Waals surface area contributed by atoms with Crippen LogP contribution in [0.4, 0.5) is 0 Å². The zero-order valence-electron chi connectivity index (χ0n) is 13.7. The van der Waals surface area contributed by atoms with E-state index in [1.165, 1.54) is 40.4 Å². The van der Waals surface area contributed by atoms with Gasteiger partial charge in [-0.1, -0.05) is 13.8 Å². The van der Waals surface area contributed by atoms with E-state index in [1.807, 2.05) is 11.3 Å². The smallest absolute Gasteiger partial charge is 0.0314 e. The monoisotopic (exact) mass is 373 g/mol. The third-order valence-electron chi connectivity index (χ3n) is 4.34. The fourth-order valence-corrected chi connectivity index (χ4v) is 4.46. The number of hydrogen-bond acceptors (Lipinski definition) is 4. The number of aryl methyl sites for hydroxylation is 1. The topological polar surface area (TPSA) is 18.5 Å². The lowest BCUT2D eigenvalue weighted by atomic mass is 10.0. The van der Waals surface area contributed by atoms with Gasteiger partial charge < -0.3 is 10.2 Å². The summed E-state index contributed by atoms with van der Waals surface area (Å²) < 4.78 is 1.24. The van der Waals surface area contributed by atoms with E-state index in [0.29, 0.717) is 12.0 Å². The Balaban J connectivity index is 1.82. The maximum atomic E-state index is 3.67. The molecule has 0 saturated carbocycles. The van der Waals surface area contributed by atoms with Crippen molar-refractivity contribution >= 4 is 27.3 Å². The molecule has 0 aromatic carbocycles. The Morgan fingerprint density at radius 1 is 1.29 bits per heavy atom. The van der Waals surface area contributed by atoms with E-state index in [-0.39, 0.29) is 0 Å². The Hall–Kier alpha value is 0.0600. The summed E-state index contributed by atoms with van der Waals surface area (Å²) in [5.41, 5.74) is 0. The Morgan fingerprint density at radius 3 is 2.48 bits per heavy atom. The Bertz CT molecular complexity index is 419. The third kappa shape index (κ3) is 5.03. The number of thiophene rings is 1. The van der Waals surface area contributed by atoms with Gasteiger partial charge in [0.05, 0.1) is 0 Å². The summed E-state index contributed by atoms with van der Waals surface area (Å²) in [5.74, 6) is 0.692. The highest BCUT2D eigenvalue weighted by molar-refractivity contribution is 9.10. The van der Waals surface area contributed by atoms with Crippen molar-refractivity contribution in [1.82, 2.24) is 15.1 Å².